The third-order valence-corrected chi connectivity index (χ3v) is 2.33. The lowest BCUT2D eigenvalue weighted by Gasteiger charge is -2.12. The summed E-state index contributed by atoms with van der Waals surface area (Å²) >= 11 is 0. The zero-order valence-corrected chi connectivity index (χ0v) is 9.31. The van der Waals surface area contributed by atoms with Crippen LogP contribution in [0.1, 0.15) is 12.8 Å². The van der Waals surface area contributed by atoms with Gasteiger partial charge in [0.25, 0.3) is 10.1 Å². The van der Waals surface area contributed by atoms with Gasteiger partial charge in [-0.15, -0.1) is 0 Å². The van der Waals surface area contributed by atoms with E-state index in [0.717, 1.165) is 0 Å². The molecule has 0 bridgehead atoms. The average molecular weight is 269 g/mol. The number of rotatable bonds is 7. The molecule has 0 heterocycles. The first-order valence-electron chi connectivity index (χ1n) is 4.31. The molecule has 10 heteroatoms. The SMILES string of the molecule is O=C(O)CCC(=O)N[C@H](CS(=O)(=O)O)C(=O)O. The predicted octanol–water partition coefficient (Wildman–Crippen LogP) is -1.69. The third-order valence-electron chi connectivity index (χ3n) is 1.58. The molecule has 1 amide bonds. The molecule has 0 radical (unpaired) electrons. The number of nitrogens with one attached hydrogen (secondary N) is 1. The molecule has 98 valence electrons. The number of carbonyl (C=O) groups excluding carboxylic acids is 1. The molecule has 0 aromatic heterocycles. The summed E-state index contributed by atoms with van der Waals surface area (Å²) < 4.78 is 29.3. The number of hydrogen-bond acceptors (Lipinski definition) is 5. The molecule has 0 aromatic rings. The molecule has 0 aliphatic heterocycles. The lowest BCUT2D eigenvalue weighted by molar-refractivity contribution is -0.141. The Bertz CT molecular complexity index is 414. The van der Waals surface area contributed by atoms with E-state index in [-0.39, 0.29) is 0 Å². The van der Waals surface area contributed by atoms with Crippen LogP contribution in [-0.2, 0) is 24.5 Å². The molecular formula is C7H11NO8S. The van der Waals surface area contributed by atoms with Crippen molar-refractivity contribution >= 4 is 28.0 Å². The smallest absolute Gasteiger partial charge is 0.327 e. The van der Waals surface area contributed by atoms with Crippen LogP contribution in [0.3, 0.4) is 0 Å². The van der Waals surface area contributed by atoms with Gasteiger partial charge >= 0.3 is 11.9 Å². The van der Waals surface area contributed by atoms with Crippen molar-refractivity contribution in [1.82, 2.24) is 5.32 Å². The van der Waals surface area contributed by atoms with Crippen LogP contribution >= 0.6 is 0 Å². The van der Waals surface area contributed by atoms with Crippen LogP contribution in [0.4, 0.5) is 0 Å². The highest BCUT2D eigenvalue weighted by Crippen LogP contribution is 1.95. The summed E-state index contributed by atoms with van der Waals surface area (Å²) in [4.78, 5) is 31.7. The monoisotopic (exact) mass is 269 g/mol. The van der Waals surface area contributed by atoms with Crippen molar-refractivity contribution in [1.29, 1.82) is 0 Å². The van der Waals surface area contributed by atoms with Gasteiger partial charge < -0.3 is 15.5 Å². The lowest BCUT2D eigenvalue weighted by Crippen LogP contribution is -2.45. The quantitative estimate of drug-likeness (QED) is 0.398. The Labute approximate surface area is 96.2 Å². The third kappa shape index (κ3) is 8.16. The standard InChI is InChI=1S/C7H11NO8S/c9-5(1-2-6(10)11)8-4(7(12)13)3-17(14,15)16/h4H,1-3H2,(H,8,9)(H,10,11)(H,12,13)(H,14,15,16)/t4-/m1/s1. The van der Waals surface area contributed by atoms with Crippen molar-refractivity contribution < 1.29 is 37.6 Å². The van der Waals surface area contributed by atoms with Gasteiger partial charge in [-0.1, -0.05) is 0 Å². The topological polar surface area (TPSA) is 158 Å². The summed E-state index contributed by atoms with van der Waals surface area (Å²) in [5.74, 6) is -5.00. The van der Waals surface area contributed by atoms with Gasteiger partial charge in [0.2, 0.25) is 5.91 Å². The molecule has 0 aliphatic carbocycles. The van der Waals surface area contributed by atoms with Gasteiger partial charge in [-0.2, -0.15) is 8.42 Å². The van der Waals surface area contributed by atoms with E-state index in [4.69, 9.17) is 14.8 Å². The largest absolute Gasteiger partial charge is 0.481 e. The maximum atomic E-state index is 11.0. The second-order valence-corrected chi connectivity index (χ2v) is 4.60. The minimum atomic E-state index is -4.56. The van der Waals surface area contributed by atoms with Crippen molar-refractivity contribution in [3.05, 3.63) is 0 Å². The van der Waals surface area contributed by atoms with Crippen LogP contribution in [-0.4, -0.2) is 52.8 Å². The predicted molar refractivity (Wildman–Crippen MR) is 52.9 cm³/mol. The number of hydrogen-bond donors (Lipinski definition) is 4. The van der Waals surface area contributed by atoms with E-state index in [1.165, 1.54) is 0 Å². The summed E-state index contributed by atoms with van der Waals surface area (Å²) in [6.07, 6.45) is -0.991. The number of carboxylic acids is 2. The second-order valence-electron chi connectivity index (χ2n) is 3.10. The van der Waals surface area contributed by atoms with E-state index in [1.54, 1.807) is 5.32 Å². The van der Waals surface area contributed by atoms with Gasteiger partial charge in [0.05, 0.1) is 6.42 Å². The zero-order chi connectivity index (χ0) is 13.6. The number of amides is 1. The van der Waals surface area contributed by atoms with Crippen molar-refractivity contribution in [2.24, 2.45) is 0 Å². The Hall–Kier alpha value is -1.68. The first-order chi connectivity index (χ1) is 7.61. The molecule has 1 atom stereocenters. The summed E-state index contributed by atoms with van der Waals surface area (Å²) in [7, 11) is -4.56. The zero-order valence-electron chi connectivity index (χ0n) is 8.49. The van der Waals surface area contributed by atoms with Crippen LogP contribution in [0.5, 0.6) is 0 Å². The first kappa shape index (κ1) is 15.3. The molecule has 0 saturated heterocycles. The van der Waals surface area contributed by atoms with Crippen LogP contribution < -0.4 is 5.32 Å². The van der Waals surface area contributed by atoms with Crippen LogP contribution in [0.15, 0.2) is 0 Å². The number of aliphatic carboxylic acids is 2. The van der Waals surface area contributed by atoms with Gasteiger partial charge in [0.15, 0.2) is 0 Å². The van der Waals surface area contributed by atoms with Crippen molar-refractivity contribution in [3.8, 4) is 0 Å². The Morgan fingerprint density at radius 3 is 2.00 bits per heavy atom. The second kappa shape index (κ2) is 6.15. The Balaban J connectivity index is 4.41. The molecule has 0 aliphatic rings. The van der Waals surface area contributed by atoms with Crippen molar-refractivity contribution in [2.75, 3.05) is 5.75 Å². The van der Waals surface area contributed by atoms with Crippen LogP contribution in [0.25, 0.3) is 0 Å². The van der Waals surface area contributed by atoms with Crippen molar-refractivity contribution in [2.45, 2.75) is 18.9 Å². The molecule has 0 unspecified atom stereocenters. The summed E-state index contributed by atoms with van der Waals surface area (Å²) in [6, 6.07) is -1.81. The maximum absolute atomic E-state index is 11.0. The van der Waals surface area contributed by atoms with Crippen LogP contribution in [0, 0.1) is 0 Å². The van der Waals surface area contributed by atoms with Crippen molar-refractivity contribution in [3.63, 3.8) is 0 Å². The Morgan fingerprint density at radius 1 is 1.12 bits per heavy atom. The highest BCUT2D eigenvalue weighted by Gasteiger charge is 2.25. The van der Waals surface area contributed by atoms with E-state index < -0.39 is 52.6 Å². The Morgan fingerprint density at radius 2 is 1.65 bits per heavy atom. The fraction of sp³-hybridized carbons (Fsp3) is 0.571. The minimum Gasteiger partial charge on any atom is -0.481 e. The lowest BCUT2D eigenvalue weighted by atomic mass is 10.2. The summed E-state index contributed by atoms with van der Waals surface area (Å²) in [5, 5.41) is 18.6. The molecule has 17 heavy (non-hydrogen) atoms. The number of carbonyl (C=O) groups is 3. The molecule has 0 aromatic carbocycles. The van der Waals surface area contributed by atoms with E-state index in [1.807, 2.05) is 0 Å². The molecule has 0 spiro atoms. The fourth-order valence-corrected chi connectivity index (χ4v) is 1.52. The average Bonchev–Trinajstić information content (AvgIpc) is 2.11. The van der Waals surface area contributed by atoms with E-state index in [9.17, 15) is 22.8 Å². The van der Waals surface area contributed by atoms with Crippen LogP contribution in [0.2, 0.25) is 0 Å². The molecule has 4 N–H and O–H groups in total. The minimum absolute atomic E-state index is 0.482. The molecular weight excluding hydrogens is 258 g/mol. The summed E-state index contributed by atoms with van der Waals surface area (Å²) in [5.41, 5.74) is 0. The molecule has 9 nitrogen and oxygen atoms in total. The normalized spacial score (nSPS) is 12.8. The maximum Gasteiger partial charge on any atom is 0.327 e. The highest BCUT2D eigenvalue weighted by atomic mass is 32.2. The molecule has 0 saturated carbocycles. The van der Waals surface area contributed by atoms with E-state index >= 15 is 0 Å². The summed E-state index contributed by atoms with van der Waals surface area (Å²) in [6.45, 7) is 0. The Kier molecular flexibility index (Phi) is 5.55. The highest BCUT2D eigenvalue weighted by molar-refractivity contribution is 7.85. The van der Waals surface area contributed by atoms with Gasteiger partial charge in [0, 0.05) is 6.42 Å². The van der Waals surface area contributed by atoms with Gasteiger partial charge in [0.1, 0.15) is 11.8 Å². The molecule has 0 rings (SSSR count). The van der Waals surface area contributed by atoms with Gasteiger partial charge in [-0.25, -0.2) is 4.79 Å². The molecule has 0 fully saturated rings. The number of carboxylic acid groups (broad SMARTS) is 2. The van der Waals surface area contributed by atoms with Gasteiger partial charge in [-0.05, 0) is 0 Å². The van der Waals surface area contributed by atoms with Gasteiger partial charge in [-0.3, -0.25) is 14.1 Å². The van der Waals surface area contributed by atoms with E-state index in [2.05, 4.69) is 0 Å². The fourth-order valence-electron chi connectivity index (χ4n) is 0.872. The first-order valence-corrected chi connectivity index (χ1v) is 5.92. The van der Waals surface area contributed by atoms with E-state index in [0.29, 0.717) is 0 Å².